The summed E-state index contributed by atoms with van der Waals surface area (Å²) in [5, 5.41) is 0. The van der Waals surface area contributed by atoms with E-state index in [0.717, 1.165) is 76.7 Å². The number of hydrogen-bond acceptors (Lipinski definition) is 3. The zero-order chi connectivity index (χ0) is 34.0. The molecular weight excluding hydrogens is 578 g/mol. The molecule has 2 rings (SSSR count). The summed E-state index contributed by atoms with van der Waals surface area (Å²) in [4.78, 5) is 32.7. The summed E-state index contributed by atoms with van der Waals surface area (Å²) in [6.07, 6.45) is 31.2. The maximum atomic E-state index is 13.3. The van der Waals surface area contributed by atoms with Crippen LogP contribution in [-0.4, -0.2) is 59.2 Å². The smallest absolute Gasteiger partial charge is 0.246 e. The highest BCUT2D eigenvalue weighted by Gasteiger charge is 2.23. The molecule has 5 nitrogen and oxygen atoms in total. The third-order valence-electron chi connectivity index (χ3n) is 9.49. The fraction of sp³-hybridized carbons (Fsp3) is 0.619. The van der Waals surface area contributed by atoms with Crippen molar-refractivity contribution in [2.75, 3.05) is 26.7 Å². The molecule has 5 heteroatoms. The molecule has 0 aromatic heterocycles. The van der Waals surface area contributed by atoms with Crippen LogP contribution in [0.5, 0.6) is 0 Å². The van der Waals surface area contributed by atoms with Crippen LogP contribution in [0.15, 0.2) is 79.6 Å². The van der Waals surface area contributed by atoms with E-state index >= 15 is 0 Å². The van der Waals surface area contributed by atoms with Crippen molar-refractivity contribution in [1.82, 2.24) is 14.7 Å². The number of benzene rings is 1. The molecule has 0 aliphatic heterocycles. The number of rotatable bonds is 26. The van der Waals surface area contributed by atoms with Crippen molar-refractivity contribution in [3.63, 3.8) is 0 Å². The van der Waals surface area contributed by atoms with Gasteiger partial charge < -0.3 is 14.7 Å². The van der Waals surface area contributed by atoms with E-state index in [1.54, 1.807) is 6.08 Å². The van der Waals surface area contributed by atoms with Gasteiger partial charge in [0.1, 0.15) is 0 Å². The Hall–Kier alpha value is -3.08. The van der Waals surface area contributed by atoms with Crippen LogP contribution in [0.2, 0.25) is 0 Å². The van der Waals surface area contributed by atoms with Crippen LogP contribution in [0, 0.1) is 0 Å². The van der Waals surface area contributed by atoms with E-state index in [9.17, 15) is 9.59 Å². The van der Waals surface area contributed by atoms with Crippen molar-refractivity contribution in [2.45, 2.75) is 142 Å². The third kappa shape index (κ3) is 18.2. The van der Waals surface area contributed by atoms with Gasteiger partial charge in [-0.2, -0.15) is 0 Å². The lowest BCUT2D eigenvalue weighted by molar-refractivity contribution is -0.129. The van der Waals surface area contributed by atoms with Gasteiger partial charge in [-0.25, -0.2) is 0 Å². The fourth-order valence-corrected chi connectivity index (χ4v) is 6.40. The van der Waals surface area contributed by atoms with Crippen molar-refractivity contribution in [3.05, 3.63) is 85.1 Å². The summed E-state index contributed by atoms with van der Waals surface area (Å²) in [5.41, 5.74) is 2.16. The van der Waals surface area contributed by atoms with E-state index < -0.39 is 0 Å². The lowest BCUT2D eigenvalue weighted by Crippen LogP contribution is -2.41. The van der Waals surface area contributed by atoms with Crippen LogP contribution in [0.1, 0.15) is 134 Å². The fourth-order valence-electron chi connectivity index (χ4n) is 6.40. The van der Waals surface area contributed by atoms with Crippen LogP contribution in [0.4, 0.5) is 0 Å². The monoisotopic (exact) mass is 646 g/mol. The molecule has 0 radical (unpaired) electrons. The zero-order valence-electron chi connectivity index (χ0n) is 30.2. The molecule has 47 heavy (non-hydrogen) atoms. The zero-order valence-corrected chi connectivity index (χ0v) is 30.2. The predicted octanol–water partition coefficient (Wildman–Crippen LogP) is 10.4. The number of nitrogens with zero attached hydrogens (tertiary/aromatic N) is 3. The Bertz CT molecular complexity index is 1060. The standard InChI is InChI=1S/C42H67N3O2/c1-5-7-8-14-26-35-44(37-39-28-19-17-20-29-39)41(46)32-23-13-16-27-36-45(40-30-21-18-22-31-40)42(47)33-24-12-10-9-11-15-25-34-43(4)38(3)6-2/h6,17,19-20,23-24,28-29,32-33,40H,2-3,5,7-16,18,21-22,25-27,30-31,34-37H2,1,4H3/b32-23+,33-24+. The molecule has 1 aromatic carbocycles. The second kappa shape index (κ2) is 25.9. The molecule has 1 fully saturated rings. The van der Waals surface area contributed by atoms with E-state index in [4.69, 9.17) is 0 Å². The van der Waals surface area contributed by atoms with E-state index in [0.29, 0.717) is 12.6 Å². The predicted molar refractivity (Wildman–Crippen MR) is 201 cm³/mol. The van der Waals surface area contributed by atoms with Crippen molar-refractivity contribution in [2.24, 2.45) is 0 Å². The van der Waals surface area contributed by atoms with Gasteiger partial charge in [0.15, 0.2) is 0 Å². The number of carbonyl (C=O) groups excluding carboxylic acids is 2. The van der Waals surface area contributed by atoms with E-state index in [2.05, 4.69) is 55.1 Å². The van der Waals surface area contributed by atoms with Gasteiger partial charge in [0.25, 0.3) is 0 Å². The molecular formula is C42H67N3O2. The summed E-state index contributed by atoms with van der Waals surface area (Å²) >= 11 is 0. The topological polar surface area (TPSA) is 43.9 Å². The van der Waals surface area contributed by atoms with Crippen LogP contribution in [-0.2, 0) is 16.1 Å². The maximum Gasteiger partial charge on any atom is 0.246 e. The number of allylic oxidation sites excluding steroid dienone is 3. The Morgan fingerprint density at radius 1 is 0.745 bits per heavy atom. The first-order chi connectivity index (χ1) is 23.0. The van der Waals surface area contributed by atoms with Gasteiger partial charge in [-0.3, -0.25) is 9.59 Å². The number of carbonyl (C=O) groups is 2. The Balaban J connectivity index is 1.75. The first-order valence-electron chi connectivity index (χ1n) is 18.9. The minimum Gasteiger partial charge on any atom is -0.375 e. The molecule has 0 atom stereocenters. The Kier molecular flexibility index (Phi) is 22.1. The summed E-state index contributed by atoms with van der Waals surface area (Å²) in [6, 6.07) is 10.7. The highest BCUT2D eigenvalue weighted by Crippen LogP contribution is 2.23. The minimum atomic E-state index is 0.107. The Morgan fingerprint density at radius 3 is 2.00 bits per heavy atom. The van der Waals surface area contributed by atoms with Crippen LogP contribution in [0.3, 0.4) is 0 Å². The lowest BCUT2D eigenvalue weighted by atomic mass is 9.94. The molecule has 0 bridgehead atoms. The van der Waals surface area contributed by atoms with Crippen LogP contribution >= 0.6 is 0 Å². The molecule has 0 spiro atoms. The van der Waals surface area contributed by atoms with E-state index in [1.165, 1.54) is 76.2 Å². The Labute approximate surface area is 288 Å². The highest BCUT2D eigenvalue weighted by molar-refractivity contribution is 5.88. The van der Waals surface area contributed by atoms with Crippen molar-refractivity contribution in [3.8, 4) is 0 Å². The van der Waals surface area contributed by atoms with Crippen LogP contribution < -0.4 is 0 Å². The average molecular weight is 646 g/mol. The second-order valence-corrected chi connectivity index (χ2v) is 13.5. The largest absolute Gasteiger partial charge is 0.375 e. The summed E-state index contributed by atoms with van der Waals surface area (Å²) in [7, 11) is 2.07. The average Bonchev–Trinajstić information content (AvgIpc) is 3.10. The molecule has 0 saturated heterocycles. The van der Waals surface area contributed by atoms with E-state index in [1.807, 2.05) is 41.3 Å². The van der Waals surface area contributed by atoms with Gasteiger partial charge in [-0.05, 0) is 81.6 Å². The molecule has 2 amide bonds. The van der Waals surface area contributed by atoms with Gasteiger partial charge >= 0.3 is 0 Å². The second-order valence-electron chi connectivity index (χ2n) is 13.5. The Morgan fingerprint density at radius 2 is 1.32 bits per heavy atom. The van der Waals surface area contributed by atoms with Gasteiger partial charge in [0, 0.05) is 45.0 Å². The lowest BCUT2D eigenvalue weighted by Gasteiger charge is -2.34. The first kappa shape index (κ1) is 40.1. The molecule has 1 aliphatic carbocycles. The summed E-state index contributed by atoms with van der Waals surface area (Å²) in [5.74, 6) is 0.291. The molecule has 0 heterocycles. The van der Waals surface area contributed by atoms with Gasteiger partial charge in [0.05, 0.1) is 0 Å². The van der Waals surface area contributed by atoms with Crippen LogP contribution in [0.25, 0.3) is 0 Å². The van der Waals surface area contributed by atoms with E-state index in [-0.39, 0.29) is 11.8 Å². The molecule has 0 N–H and O–H groups in total. The van der Waals surface area contributed by atoms with Crippen molar-refractivity contribution >= 4 is 11.8 Å². The molecule has 1 aromatic rings. The number of hydrogen-bond donors (Lipinski definition) is 0. The number of likely N-dealkylation sites (N-methyl/N-ethyl adjacent to an activating group) is 1. The molecule has 1 saturated carbocycles. The summed E-state index contributed by atoms with van der Waals surface area (Å²) < 4.78 is 0. The maximum absolute atomic E-state index is 13.3. The highest BCUT2D eigenvalue weighted by atomic mass is 16.2. The molecule has 262 valence electrons. The SMILES string of the molecule is C=CC(=C)N(C)CCCCCCC/C=C/C(=O)N(CCCC/C=C/C(=O)N(CCCCCCC)Cc1ccccc1)C1CCCCC1. The number of amides is 2. The summed E-state index contributed by atoms with van der Waals surface area (Å²) in [6.45, 7) is 13.3. The van der Waals surface area contributed by atoms with Gasteiger partial charge in [-0.1, -0.05) is 127 Å². The van der Waals surface area contributed by atoms with Crippen molar-refractivity contribution in [1.29, 1.82) is 0 Å². The molecule has 1 aliphatic rings. The third-order valence-corrected chi connectivity index (χ3v) is 9.49. The minimum absolute atomic E-state index is 0.107. The normalized spacial score (nSPS) is 13.7. The quantitative estimate of drug-likeness (QED) is 0.0572. The first-order valence-corrected chi connectivity index (χ1v) is 18.9. The molecule has 0 unspecified atom stereocenters. The van der Waals surface area contributed by atoms with Gasteiger partial charge in [-0.15, -0.1) is 0 Å². The van der Waals surface area contributed by atoms with Gasteiger partial charge in [0.2, 0.25) is 11.8 Å². The number of unbranched alkanes of at least 4 members (excludes halogenated alkanes) is 11. The van der Waals surface area contributed by atoms with Crippen molar-refractivity contribution < 1.29 is 9.59 Å².